The molecule has 0 bridgehead atoms. The first-order valence-corrected chi connectivity index (χ1v) is 9.47. The highest BCUT2D eigenvalue weighted by atomic mass is 35.5. The van der Waals surface area contributed by atoms with Crippen LogP contribution >= 0.6 is 11.6 Å². The number of nitrogens with zero attached hydrogens (tertiary/aromatic N) is 4. The number of rotatable bonds is 4. The van der Waals surface area contributed by atoms with Crippen molar-refractivity contribution in [2.24, 2.45) is 0 Å². The second-order valence-electron chi connectivity index (χ2n) is 6.60. The zero-order valence-corrected chi connectivity index (χ0v) is 16.4. The van der Waals surface area contributed by atoms with Gasteiger partial charge in [0.15, 0.2) is 0 Å². The Morgan fingerprint density at radius 2 is 2.14 bits per heavy atom. The number of hydrogen-bond acceptors (Lipinski definition) is 6. The van der Waals surface area contributed by atoms with E-state index in [0.29, 0.717) is 46.5 Å². The Labute approximate surface area is 171 Å². The third-order valence-corrected chi connectivity index (χ3v) is 5.02. The molecule has 3 aromatic rings. The summed E-state index contributed by atoms with van der Waals surface area (Å²) in [5.74, 6) is 0.572. The zero-order valence-electron chi connectivity index (χ0n) is 15.6. The van der Waals surface area contributed by atoms with Crippen LogP contribution in [0.2, 0.25) is 5.02 Å². The minimum atomic E-state index is -0.411. The van der Waals surface area contributed by atoms with Gasteiger partial charge in [-0.3, -0.25) is 14.2 Å². The highest BCUT2D eigenvalue weighted by molar-refractivity contribution is 6.30. The highest BCUT2D eigenvalue weighted by Gasteiger charge is 2.26. The largest absolute Gasteiger partial charge is 0.496 e. The molecule has 1 unspecified atom stereocenters. The third kappa shape index (κ3) is 3.84. The van der Waals surface area contributed by atoms with Gasteiger partial charge in [0.05, 0.1) is 30.1 Å². The number of carbonyl (C=O) groups excluding carboxylic acids is 1. The molecule has 3 heterocycles. The second kappa shape index (κ2) is 8.00. The van der Waals surface area contributed by atoms with E-state index in [2.05, 4.69) is 20.3 Å². The molecule has 0 saturated heterocycles. The lowest BCUT2D eigenvalue weighted by Crippen LogP contribution is -2.38. The molecule has 0 spiro atoms. The van der Waals surface area contributed by atoms with Crippen LogP contribution in [0.4, 0.5) is 0 Å². The predicted octanol–water partition coefficient (Wildman–Crippen LogP) is 2.63. The number of aromatic nitrogens is 4. The maximum Gasteiger partial charge on any atom is 0.255 e. The van der Waals surface area contributed by atoms with Gasteiger partial charge in [-0.2, -0.15) is 0 Å². The first-order chi connectivity index (χ1) is 14.1. The van der Waals surface area contributed by atoms with Gasteiger partial charge in [0.25, 0.3) is 11.5 Å². The van der Waals surface area contributed by atoms with Gasteiger partial charge in [-0.25, -0.2) is 15.0 Å². The van der Waals surface area contributed by atoms with Crippen LogP contribution < -0.4 is 15.6 Å². The number of nitrogens with one attached hydrogen (secondary N) is 1. The Bertz CT molecular complexity index is 1120. The Morgan fingerprint density at radius 1 is 1.28 bits per heavy atom. The van der Waals surface area contributed by atoms with E-state index in [-0.39, 0.29) is 11.5 Å². The van der Waals surface area contributed by atoms with Crippen molar-refractivity contribution < 1.29 is 9.53 Å². The molecule has 1 aromatic carbocycles. The van der Waals surface area contributed by atoms with Crippen molar-refractivity contribution in [3.05, 3.63) is 69.6 Å². The van der Waals surface area contributed by atoms with Gasteiger partial charge in [-0.1, -0.05) is 11.6 Å². The van der Waals surface area contributed by atoms with Crippen LogP contribution in [0.3, 0.4) is 0 Å². The van der Waals surface area contributed by atoms with E-state index in [1.807, 2.05) is 0 Å². The lowest BCUT2D eigenvalue weighted by molar-refractivity contribution is 0.0924. The third-order valence-electron chi connectivity index (χ3n) is 4.78. The standard InChI is InChI=1S/C20H18ClN5O3/c1-29-17-9-12(21)4-5-13(17)20(28)25-15-3-2-8-26-18(27)10-16(24-19(15)26)14-6-7-22-11-23-14/h4-7,9-11,15H,2-3,8H2,1H3,(H,25,28). The van der Waals surface area contributed by atoms with Crippen molar-refractivity contribution in [2.75, 3.05) is 7.11 Å². The average Bonchev–Trinajstić information content (AvgIpc) is 2.74. The van der Waals surface area contributed by atoms with Crippen LogP contribution in [0.25, 0.3) is 11.4 Å². The maximum absolute atomic E-state index is 12.9. The topological polar surface area (TPSA) is 99.0 Å². The van der Waals surface area contributed by atoms with Gasteiger partial charge in [-0.15, -0.1) is 0 Å². The fourth-order valence-electron chi connectivity index (χ4n) is 3.40. The van der Waals surface area contributed by atoms with Gasteiger partial charge in [0.1, 0.15) is 17.9 Å². The minimum Gasteiger partial charge on any atom is -0.496 e. The van der Waals surface area contributed by atoms with Crippen LogP contribution in [-0.2, 0) is 6.54 Å². The van der Waals surface area contributed by atoms with E-state index in [4.69, 9.17) is 16.3 Å². The number of halogens is 1. The fourth-order valence-corrected chi connectivity index (χ4v) is 3.56. The van der Waals surface area contributed by atoms with Crippen LogP contribution in [0.5, 0.6) is 5.75 Å². The predicted molar refractivity (Wildman–Crippen MR) is 107 cm³/mol. The van der Waals surface area contributed by atoms with Crippen molar-refractivity contribution in [1.82, 2.24) is 24.8 Å². The molecule has 148 valence electrons. The fraction of sp³-hybridized carbons (Fsp3) is 0.250. The maximum atomic E-state index is 12.9. The van der Waals surface area contributed by atoms with Crippen LogP contribution in [0, 0.1) is 0 Å². The SMILES string of the molecule is COc1cc(Cl)ccc1C(=O)NC1CCCn2c1nc(-c1ccncn1)cc2=O. The van der Waals surface area contributed by atoms with E-state index >= 15 is 0 Å². The first-order valence-electron chi connectivity index (χ1n) is 9.09. The molecular formula is C20H18ClN5O3. The normalized spacial score (nSPS) is 15.4. The monoisotopic (exact) mass is 411 g/mol. The number of hydrogen-bond donors (Lipinski definition) is 1. The first kappa shape index (κ1) is 19.1. The van der Waals surface area contributed by atoms with E-state index in [0.717, 1.165) is 6.42 Å². The molecule has 0 saturated carbocycles. The summed E-state index contributed by atoms with van der Waals surface area (Å²) in [6.45, 7) is 0.557. The van der Waals surface area contributed by atoms with Crippen molar-refractivity contribution >= 4 is 17.5 Å². The Morgan fingerprint density at radius 3 is 2.90 bits per heavy atom. The zero-order chi connectivity index (χ0) is 20.4. The lowest BCUT2D eigenvalue weighted by Gasteiger charge is -2.27. The van der Waals surface area contributed by atoms with Crippen LogP contribution in [-0.4, -0.2) is 32.5 Å². The summed E-state index contributed by atoms with van der Waals surface area (Å²) in [7, 11) is 1.48. The summed E-state index contributed by atoms with van der Waals surface area (Å²) < 4.78 is 6.87. The van der Waals surface area contributed by atoms with Crippen molar-refractivity contribution in [1.29, 1.82) is 0 Å². The quantitative estimate of drug-likeness (QED) is 0.708. The van der Waals surface area contributed by atoms with Crippen molar-refractivity contribution in [2.45, 2.75) is 25.4 Å². The molecule has 4 rings (SSSR count). The summed E-state index contributed by atoms with van der Waals surface area (Å²) in [6, 6.07) is 7.56. The van der Waals surface area contributed by atoms with Gasteiger partial charge in [-0.05, 0) is 37.1 Å². The number of fused-ring (bicyclic) bond motifs is 1. The van der Waals surface area contributed by atoms with Gasteiger partial charge >= 0.3 is 0 Å². The summed E-state index contributed by atoms with van der Waals surface area (Å²) in [4.78, 5) is 38.2. The second-order valence-corrected chi connectivity index (χ2v) is 7.03. The summed E-state index contributed by atoms with van der Waals surface area (Å²) in [5, 5.41) is 3.45. The molecule has 1 aliphatic rings. The molecule has 1 atom stereocenters. The molecule has 0 radical (unpaired) electrons. The molecule has 1 N–H and O–H groups in total. The molecular weight excluding hydrogens is 394 g/mol. The Balaban J connectivity index is 1.69. The summed E-state index contributed by atoms with van der Waals surface area (Å²) >= 11 is 5.98. The van der Waals surface area contributed by atoms with Crippen LogP contribution in [0.1, 0.15) is 35.1 Å². The summed E-state index contributed by atoms with van der Waals surface area (Å²) in [6.07, 6.45) is 4.42. The molecule has 2 aromatic heterocycles. The summed E-state index contributed by atoms with van der Waals surface area (Å²) in [5.41, 5.74) is 1.19. The number of amides is 1. The highest BCUT2D eigenvalue weighted by Crippen LogP contribution is 2.27. The van der Waals surface area contributed by atoms with E-state index in [1.54, 1.807) is 35.0 Å². The van der Waals surface area contributed by atoms with Crippen molar-refractivity contribution in [3.63, 3.8) is 0 Å². The van der Waals surface area contributed by atoms with E-state index in [1.165, 1.54) is 19.5 Å². The molecule has 1 amide bonds. The smallest absolute Gasteiger partial charge is 0.255 e. The van der Waals surface area contributed by atoms with Gasteiger partial charge < -0.3 is 10.1 Å². The number of carbonyl (C=O) groups is 1. The molecule has 8 nitrogen and oxygen atoms in total. The molecule has 29 heavy (non-hydrogen) atoms. The minimum absolute atomic E-state index is 0.174. The average molecular weight is 412 g/mol. The Hall–Kier alpha value is -3.26. The number of ether oxygens (including phenoxy) is 1. The van der Waals surface area contributed by atoms with Crippen LogP contribution in [0.15, 0.2) is 47.7 Å². The Kier molecular flexibility index (Phi) is 5.26. The lowest BCUT2D eigenvalue weighted by atomic mass is 10.0. The van der Waals surface area contributed by atoms with Gasteiger partial charge in [0.2, 0.25) is 0 Å². The molecule has 0 fully saturated rings. The number of benzene rings is 1. The van der Waals surface area contributed by atoms with Crippen molar-refractivity contribution in [3.8, 4) is 17.1 Å². The molecule has 9 heteroatoms. The number of methoxy groups -OCH3 is 1. The molecule has 0 aliphatic carbocycles. The molecule has 1 aliphatic heterocycles. The van der Waals surface area contributed by atoms with E-state index in [9.17, 15) is 9.59 Å². The van der Waals surface area contributed by atoms with E-state index < -0.39 is 6.04 Å². The van der Waals surface area contributed by atoms with Gasteiger partial charge in [0, 0.05) is 23.8 Å².